The molecule has 1 amide bonds. The fourth-order valence-corrected chi connectivity index (χ4v) is 8.88. The van der Waals surface area contributed by atoms with Gasteiger partial charge in [-0.15, -0.1) is 0 Å². The highest BCUT2D eigenvalue weighted by Gasteiger charge is 2.30. The van der Waals surface area contributed by atoms with Gasteiger partial charge in [0.15, 0.2) is 0 Å². The average Bonchev–Trinajstić information content (AvgIpc) is 3.88. The minimum absolute atomic E-state index is 0.126. The number of anilines is 3. The molecule has 5 N–H and O–H groups in total. The van der Waals surface area contributed by atoms with Crippen LogP contribution in [0.1, 0.15) is 67.1 Å². The molecule has 3 aromatic heterocycles. The second-order valence-electron chi connectivity index (χ2n) is 16.9. The molecule has 0 aliphatic carbocycles. The van der Waals surface area contributed by atoms with Crippen LogP contribution in [0.15, 0.2) is 102 Å². The summed E-state index contributed by atoms with van der Waals surface area (Å²) in [7, 11) is -1.08. The Balaban J connectivity index is 0.832. The average molecular weight is 922 g/mol. The number of piperidine rings is 1. The predicted octanol–water partition coefficient (Wildman–Crippen LogP) is 8.89. The van der Waals surface area contributed by atoms with Gasteiger partial charge in [0.25, 0.3) is 5.91 Å². The maximum absolute atomic E-state index is 13.8. The molecular weight excluding hydrogens is 860 g/mol. The zero-order valence-corrected chi connectivity index (χ0v) is 38.8. The van der Waals surface area contributed by atoms with E-state index in [0.717, 1.165) is 111 Å². The molecule has 6 aromatic rings. The van der Waals surface area contributed by atoms with Crippen molar-refractivity contribution >= 4 is 55.7 Å². The van der Waals surface area contributed by atoms with Gasteiger partial charge in [-0.25, -0.2) is 4.98 Å². The smallest absolute Gasteiger partial charge is 0.384 e. The summed E-state index contributed by atoms with van der Waals surface area (Å²) in [6, 6.07) is 26.9. The van der Waals surface area contributed by atoms with Crippen molar-refractivity contribution in [1.29, 1.82) is 0 Å². The molecule has 0 saturated carbocycles. The van der Waals surface area contributed by atoms with Gasteiger partial charge in [-0.1, -0.05) is 37.5 Å². The Morgan fingerprint density at radius 2 is 1.64 bits per heavy atom. The van der Waals surface area contributed by atoms with Gasteiger partial charge >= 0.3 is 6.18 Å². The Hall–Kier alpha value is -5.82. The SMILES string of the molecule is CCCCNCCNc1ccc(CCNC(=O)c2cnc3c(ccn3CCCCN3CCC(Nc4cccc5c4cc(C#CCNc4ccc(S(C)=O)cc4)n5CC(F)(F)F)CC3)c2)cc1. The van der Waals surface area contributed by atoms with Gasteiger partial charge in [0.1, 0.15) is 12.2 Å². The van der Waals surface area contributed by atoms with Crippen LogP contribution in [0.4, 0.5) is 30.2 Å². The first kappa shape index (κ1) is 48.1. The van der Waals surface area contributed by atoms with Crippen molar-refractivity contribution < 1.29 is 22.2 Å². The number of hydrogen-bond acceptors (Lipinski definition) is 8. The van der Waals surface area contributed by atoms with Crippen molar-refractivity contribution in [3.8, 4) is 11.8 Å². The van der Waals surface area contributed by atoms with Crippen LogP contribution in [0.3, 0.4) is 0 Å². The molecule has 4 heterocycles. The molecule has 1 aliphatic heterocycles. The number of pyridine rings is 1. The van der Waals surface area contributed by atoms with Gasteiger partial charge in [-0.3, -0.25) is 9.00 Å². The number of fused-ring (bicyclic) bond motifs is 2. The Morgan fingerprint density at radius 1 is 0.879 bits per heavy atom. The maximum Gasteiger partial charge on any atom is 0.406 e. The van der Waals surface area contributed by atoms with E-state index in [-0.39, 0.29) is 18.5 Å². The third kappa shape index (κ3) is 13.9. The number of aromatic nitrogens is 3. The monoisotopic (exact) mass is 921 g/mol. The number of carbonyl (C=O) groups is 1. The normalized spacial score (nSPS) is 14.0. The lowest BCUT2D eigenvalue weighted by Crippen LogP contribution is -2.39. The largest absolute Gasteiger partial charge is 0.406 e. The maximum atomic E-state index is 13.8. The Kier molecular flexibility index (Phi) is 17.2. The molecule has 0 bridgehead atoms. The molecule has 1 aliphatic rings. The predicted molar refractivity (Wildman–Crippen MR) is 263 cm³/mol. The molecule has 1 saturated heterocycles. The van der Waals surface area contributed by atoms with E-state index < -0.39 is 23.5 Å². The fraction of sp³-hybridized carbons (Fsp3) is 0.412. The van der Waals surface area contributed by atoms with Crippen LogP contribution in [-0.2, 0) is 30.3 Å². The van der Waals surface area contributed by atoms with Crippen LogP contribution < -0.4 is 26.6 Å². The van der Waals surface area contributed by atoms with Crippen molar-refractivity contribution in [3.63, 3.8) is 0 Å². The van der Waals surface area contributed by atoms with E-state index >= 15 is 0 Å². The first-order valence-corrected chi connectivity index (χ1v) is 24.7. The number of benzene rings is 3. The summed E-state index contributed by atoms with van der Waals surface area (Å²) in [6.45, 7) is 8.41. The molecule has 11 nitrogen and oxygen atoms in total. The Bertz CT molecular complexity index is 2590. The number of aryl methyl sites for hydroxylation is 1. The first-order valence-electron chi connectivity index (χ1n) is 23.1. The van der Waals surface area contributed by atoms with E-state index in [0.29, 0.717) is 28.2 Å². The summed E-state index contributed by atoms with van der Waals surface area (Å²) >= 11 is 0. The lowest BCUT2D eigenvalue weighted by Gasteiger charge is -2.33. The molecule has 1 unspecified atom stereocenters. The van der Waals surface area contributed by atoms with Gasteiger partial charge in [0, 0.05) is 107 Å². The van der Waals surface area contributed by atoms with E-state index in [1.165, 1.54) is 23.0 Å². The van der Waals surface area contributed by atoms with Gasteiger partial charge in [-0.2, -0.15) is 13.2 Å². The number of likely N-dealkylation sites (tertiary alicyclic amines) is 1. The molecule has 3 aromatic carbocycles. The number of halogens is 3. The van der Waals surface area contributed by atoms with Crippen LogP contribution in [0.5, 0.6) is 0 Å². The number of amides is 1. The number of rotatable bonds is 22. The molecule has 0 spiro atoms. The summed E-state index contributed by atoms with van der Waals surface area (Å²) in [6.07, 6.45) is 7.94. The minimum atomic E-state index is -4.41. The summed E-state index contributed by atoms with van der Waals surface area (Å²) in [5, 5.41) is 18.4. The lowest BCUT2D eigenvalue weighted by molar-refractivity contribution is -0.140. The number of hydrogen-bond donors (Lipinski definition) is 5. The standard InChI is InChI=1S/C51H62F3N9O2S/c1-3-4-24-55-27-28-57-41-14-12-38(13-15-41)20-26-58-50(64)40-34-39-21-33-62(49(39)59-36-40)30-6-5-29-61-31-22-43(23-32-61)60-47-10-7-11-48-46(47)35-44(63(48)37-51(52,53)54)9-8-25-56-42-16-18-45(19-17-42)66(2)65/h7,10-19,21,33-36,43,55-57,60H,3-6,20,22-32,37H2,1-2H3,(H,58,64). The van der Waals surface area contributed by atoms with E-state index in [1.54, 1.807) is 42.8 Å². The number of nitrogens with zero attached hydrogens (tertiary/aromatic N) is 4. The number of unbranched alkanes of at least 4 members (excludes halogenated alkanes) is 2. The third-order valence-corrected chi connectivity index (χ3v) is 12.9. The molecular formula is C51H62F3N9O2S. The molecule has 7 rings (SSSR count). The minimum Gasteiger partial charge on any atom is -0.384 e. The fourth-order valence-electron chi connectivity index (χ4n) is 8.36. The highest BCUT2D eigenvalue weighted by atomic mass is 32.2. The van der Waals surface area contributed by atoms with Crippen LogP contribution in [0.2, 0.25) is 0 Å². The number of carbonyl (C=O) groups excluding carboxylic acids is 1. The highest BCUT2D eigenvalue weighted by Crippen LogP contribution is 2.31. The Labute approximate surface area is 388 Å². The van der Waals surface area contributed by atoms with Gasteiger partial charge in [0.05, 0.1) is 23.3 Å². The third-order valence-electron chi connectivity index (χ3n) is 12.0. The van der Waals surface area contributed by atoms with Gasteiger partial charge < -0.3 is 40.6 Å². The second-order valence-corrected chi connectivity index (χ2v) is 18.3. The molecule has 0 radical (unpaired) electrons. The summed E-state index contributed by atoms with van der Waals surface area (Å²) in [5.41, 5.74) is 6.08. The van der Waals surface area contributed by atoms with Crippen LogP contribution in [-0.4, -0.2) is 100.0 Å². The van der Waals surface area contributed by atoms with Crippen molar-refractivity contribution in [1.82, 2.24) is 29.7 Å². The molecule has 15 heteroatoms. The molecule has 66 heavy (non-hydrogen) atoms. The highest BCUT2D eigenvalue weighted by molar-refractivity contribution is 7.84. The molecule has 350 valence electrons. The van der Waals surface area contributed by atoms with Crippen molar-refractivity contribution in [2.75, 3.05) is 74.6 Å². The van der Waals surface area contributed by atoms with Gasteiger partial charge in [-0.05, 0) is 130 Å². The number of alkyl halides is 3. The molecule has 1 atom stereocenters. The van der Waals surface area contributed by atoms with Crippen molar-refractivity contribution in [2.24, 2.45) is 0 Å². The van der Waals surface area contributed by atoms with Crippen LogP contribution in [0, 0.1) is 11.8 Å². The summed E-state index contributed by atoms with van der Waals surface area (Å²) in [5.74, 6) is 5.83. The van der Waals surface area contributed by atoms with E-state index in [1.807, 2.05) is 36.5 Å². The lowest BCUT2D eigenvalue weighted by atomic mass is 10.0. The van der Waals surface area contributed by atoms with E-state index in [4.69, 9.17) is 0 Å². The van der Waals surface area contributed by atoms with Gasteiger partial charge in [0.2, 0.25) is 0 Å². The summed E-state index contributed by atoms with van der Waals surface area (Å²) < 4.78 is 56.5. The van der Waals surface area contributed by atoms with Crippen LogP contribution in [0.25, 0.3) is 21.9 Å². The van der Waals surface area contributed by atoms with E-state index in [9.17, 15) is 22.2 Å². The van der Waals surface area contributed by atoms with E-state index in [2.05, 4.69) is 84.1 Å². The second kappa shape index (κ2) is 23.6. The first-order chi connectivity index (χ1) is 32.0. The Morgan fingerprint density at radius 3 is 2.39 bits per heavy atom. The zero-order valence-electron chi connectivity index (χ0n) is 38.0. The van der Waals surface area contributed by atoms with Crippen LogP contribution >= 0.6 is 0 Å². The number of nitrogens with one attached hydrogen (secondary N) is 5. The topological polar surface area (TPSA) is 120 Å². The summed E-state index contributed by atoms with van der Waals surface area (Å²) in [4.78, 5) is 20.9. The molecule has 1 fully saturated rings. The quantitative estimate of drug-likeness (QED) is 0.0339. The zero-order chi connectivity index (χ0) is 46.3. The van der Waals surface area contributed by atoms with Crippen molar-refractivity contribution in [3.05, 3.63) is 114 Å². The van der Waals surface area contributed by atoms with Crippen molar-refractivity contribution in [2.45, 2.75) is 82.1 Å².